The predicted octanol–water partition coefficient (Wildman–Crippen LogP) is 2.25. The van der Waals surface area contributed by atoms with Crippen LogP contribution in [0.1, 0.15) is 65.2 Å². The van der Waals surface area contributed by atoms with Crippen molar-refractivity contribution in [2.75, 3.05) is 6.61 Å². The Balaban J connectivity index is 2.27. The molecule has 0 aromatic heterocycles. The van der Waals surface area contributed by atoms with Gasteiger partial charge in [0.05, 0.1) is 5.41 Å². The van der Waals surface area contributed by atoms with Crippen LogP contribution in [0.3, 0.4) is 0 Å². The summed E-state index contributed by atoms with van der Waals surface area (Å²) >= 11 is 0. The maximum Gasteiger partial charge on any atom is 0.236 e. The summed E-state index contributed by atoms with van der Waals surface area (Å²) in [5.41, 5.74) is -0.939. The largest absolute Gasteiger partial charge is 0.396 e. The number of hydrogen-bond acceptors (Lipinski definition) is 3. The molecule has 2 fully saturated rings. The Hall–Kier alpha value is -0.900. The van der Waals surface area contributed by atoms with Crippen LogP contribution in [0, 0.1) is 5.41 Å². The second-order valence-electron chi connectivity index (χ2n) is 6.38. The average Bonchev–Trinajstić information content (AvgIpc) is 2.62. The van der Waals surface area contributed by atoms with Gasteiger partial charge in [-0.2, -0.15) is 0 Å². The molecule has 19 heavy (non-hydrogen) atoms. The normalized spacial score (nSPS) is 25.9. The van der Waals surface area contributed by atoms with E-state index in [1.54, 1.807) is 0 Å². The fourth-order valence-corrected chi connectivity index (χ4v) is 3.65. The average molecular weight is 267 g/mol. The predicted molar refractivity (Wildman–Crippen MR) is 72.4 cm³/mol. The second kappa shape index (κ2) is 5.23. The minimum atomic E-state index is -0.524. The van der Waals surface area contributed by atoms with Crippen molar-refractivity contribution < 1.29 is 14.7 Å². The van der Waals surface area contributed by atoms with E-state index in [0.29, 0.717) is 19.3 Å². The number of likely N-dealkylation sites (tertiary alicyclic amines) is 1. The molecule has 1 saturated heterocycles. The van der Waals surface area contributed by atoms with Crippen LogP contribution in [-0.4, -0.2) is 34.0 Å². The maximum atomic E-state index is 12.8. The molecular formula is C15H25NO3. The van der Waals surface area contributed by atoms with Gasteiger partial charge in [-0.3, -0.25) is 14.5 Å². The zero-order chi connectivity index (χ0) is 14.1. The summed E-state index contributed by atoms with van der Waals surface area (Å²) in [5, 5.41) is 9.22. The molecule has 1 aliphatic carbocycles. The summed E-state index contributed by atoms with van der Waals surface area (Å²) in [6, 6.07) is 0. The molecule has 0 aromatic carbocycles. The molecular weight excluding hydrogens is 242 g/mol. The highest BCUT2D eigenvalue weighted by Gasteiger charge is 2.55. The van der Waals surface area contributed by atoms with Crippen molar-refractivity contribution >= 4 is 11.8 Å². The first-order chi connectivity index (χ1) is 8.99. The van der Waals surface area contributed by atoms with E-state index in [0.717, 1.165) is 25.7 Å². The Labute approximate surface area is 115 Å². The number of carbonyl (C=O) groups is 2. The number of carbonyl (C=O) groups excluding carboxylic acids is 2. The third kappa shape index (κ3) is 2.31. The van der Waals surface area contributed by atoms with Crippen LogP contribution in [0.15, 0.2) is 0 Å². The third-order valence-corrected chi connectivity index (χ3v) is 5.16. The molecule has 0 radical (unpaired) electrons. The Kier molecular flexibility index (Phi) is 4.00. The van der Waals surface area contributed by atoms with Crippen LogP contribution in [0.25, 0.3) is 0 Å². The summed E-state index contributed by atoms with van der Waals surface area (Å²) in [6.45, 7) is 3.90. The molecule has 2 amide bonds. The molecule has 1 unspecified atom stereocenters. The highest BCUT2D eigenvalue weighted by Crippen LogP contribution is 2.47. The van der Waals surface area contributed by atoms with Crippen molar-refractivity contribution in [2.24, 2.45) is 5.41 Å². The monoisotopic (exact) mass is 267 g/mol. The zero-order valence-electron chi connectivity index (χ0n) is 12.1. The Morgan fingerprint density at radius 3 is 2.42 bits per heavy atom. The topological polar surface area (TPSA) is 57.6 Å². The van der Waals surface area contributed by atoms with Crippen molar-refractivity contribution in [3.8, 4) is 0 Å². The van der Waals surface area contributed by atoms with Crippen LogP contribution in [0.2, 0.25) is 0 Å². The van der Waals surface area contributed by atoms with E-state index in [9.17, 15) is 14.7 Å². The first-order valence-electron chi connectivity index (χ1n) is 7.47. The van der Waals surface area contributed by atoms with Gasteiger partial charge < -0.3 is 5.11 Å². The van der Waals surface area contributed by atoms with E-state index in [-0.39, 0.29) is 18.4 Å². The summed E-state index contributed by atoms with van der Waals surface area (Å²) in [4.78, 5) is 26.6. The van der Waals surface area contributed by atoms with Gasteiger partial charge in [0.1, 0.15) is 0 Å². The molecule has 1 aliphatic heterocycles. The minimum Gasteiger partial charge on any atom is -0.396 e. The lowest BCUT2D eigenvalue weighted by Crippen LogP contribution is -2.51. The Bertz CT molecular complexity index is 374. The third-order valence-electron chi connectivity index (χ3n) is 5.16. The number of amides is 2. The van der Waals surface area contributed by atoms with Crippen molar-refractivity contribution in [3.63, 3.8) is 0 Å². The molecule has 0 aromatic rings. The highest BCUT2D eigenvalue weighted by molar-refractivity contribution is 6.06. The van der Waals surface area contributed by atoms with Crippen LogP contribution < -0.4 is 0 Å². The standard InChI is InChI=1S/C15H25NO3/c1-3-14(2,9-10-17)16-12(18)11-15(13(16)19)7-5-4-6-8-15/h17H,3-11H2,1-2H3. The van der Waals surface area contributed by atoms with Gasteiger partial charge in [-0.05, 0) is 32.6 Å². The molecule has 108 valence electrons. The maximum absolute atomic E-state index is 12.8. The SMILES string of the molecule is CCC(C)(CCO)N1C(=O)CC2(CCCCC2)C1=O. The summed E-state index contributed by atoms with van der Waals surface area (Å²) in [6.07, 6.45) is 6.53. The van der Waals surface area contributed by atoms with Gasteiger partial charge >= 0.3 is 0 Å². The fraction of sp³-hybridized carbons (Fsp3) is 0.867. The molecule has 1 atom stereocenters. The summed E-state index contributed by atoms with van der Waals surface area (Å²) < 4.78 is 0. The van der Waals surface area contributed by atoms with E-state index in [1.165, 1.54) is 11.3 Å². The quantitative estimate of drug-likeness (QED) is 0.795. The molecule has 2 rings (SSSR count). The fourth-order valence-electron chi connectivity index (χ4n) is 3.65. The lowest BCUT2D eigenvalue weighted by molar-refractivity contribution is -0.149. The summed E-state index contributed by atoms with van der Waals surface area (Å²) in [5.74, 6) is -0.0142. The minimum absolute atomic E-state index is 0.00833. The molecule has 4 nitrogen and oxygen atoms in total. The number of rotatable bonds is 4. The van der Waals surface area contributed by atoms with Crippen LogP contribution in [0.4, 0.5) is 0 Å². The molecule has 2 aliphatic rings. The lowest BCUT2D eigenvalue weighted by Gasteiger charge is -2.38. The second-order valence-corrected chi connectivity index (χ2v) is 6.38. The molecule has 1 spiro atoms. The highest BCUT2D eigenvalue weighted by atomic mass is 16.3. The molecule has 1 saturated carbocycles. The number of aliphatic hydroxyl groups excluding tert-OH is 1. The zero-order valence-corrected chi connectivity index (χ0v) is 12.1. The van der Waals surface area contributed by atoms with E-state index in [1.807, 2.05) is 13.8 Å². The van der Waals surface area contributed by atoms with Crippen molar-refractivity contribution in [3.05, 3.63) is 0 Å². The van der Waals surface area contributed by atoms with Crippen LogP contribution in [0.5, 0.6) is 0 Å². The van der Waals surface area contributed by atoms with Gasteiger partial charge in [0.25, 0.3) is 0 Å². The van der Waals surface area contributed by atoms with Crippen molar-refractivity contribution in [1.82, 2.24) is 4.90 Å². The summed E-state index contributed by atoms with van der Waals surface area (Å²) in [7, 11) is 0. The Morgan fingerprint density at radius 2 is 1.89 bits per heavy atom. The van der Waals surface area contributed by atoms with E-state index < -0.39 is 11.0 Å². The van der Waals surface area contributed by atoms with Crippen LogP contribution >= 0.6 is 0 Å². The number of imide groups is 1. The van der Waals surface area contributed by atoms with E-state index >= 15 is 0 Å². The van der Waals surface area contributed by atoms with E-state index in [4.69, 9.17) is 0 Å². The number of hydrogen-bond donors (Lipinski definition) is 1. The van der Waals surface area contributed by atoms with Crippen molar-refractivity contribution in [2.45, 2.75) is 70.8 Å². The molecule has 1 heterocycles. The molecule has 4 heteroatoms. The van der Waals surface area contributed by atoms with Gasteiger partial charge in [-0.25, -0.2) is 0 Å². The molecule has 1 N–H and O–H groups in total. The van der Waals surface area contributed by atoms with Crippen molar-refractivity contribution in [1.29, 1.82) is 0 Å². The van der Waals surface area contributed by atoms with Crippen LogP contribution in [-0.2, 0) is 9.59 Å². The van der Waals surface area contributed by atoms with Gasteiger partial charge in [0, 0.05) is 18.6 Å². The van der Waals surface area contributed by atoms with E-state index in [2.05, 4.69) is 0 Å². The van der Waals surface area contributed by atoms with Gasteiger partial charge in [-0.15, -0.1) is 0 Å². The van der Waals surface area contributed by atoms with Gasteiger partial charge in [0.15, 0.2) is 0 Å². The Morgan fingerprint density at radius 1 is 1.26 bits per heavy atom. The van der Waals surface area contributed by atoms with Gasteiger partial charge in [-0.1, -0.05) is 26.2 Å². The first kappa shape index (κ1) is 14.5. The number of nitrogens with zero attached hydrogens (tertiary/aromatic N) is 1. The van der Waals surface area contributed by atoms with Gasteiger partial charge in [0.2, 0.25) is 11.8 Å². The lowest BCUT2D eigenvalue weighted by atomic mass is 9.73. The molecule has 0 bridgehead atoms. The first-order valence-corrected chi connectivity index (χ1v) is 7.47. The number of aliphatic hydroxyl groups is 1. The smallest absolute Gasteiger partial charge is 0.236 e.